The van der Waals surface area contributed by atoms with Crippen LogP contribution in [-0.2, 0) is 46.9 Å². The van der Waals surface area contributed by atoms with Crippen molar-refractivity contribution in [2.75, 3.05) is 25.0 Å². The quantitative estimate of drug-likeness (QED) is 0.519. The van der Waals surface area contributed by atoms with E-state index in [0.29, 0.717) is 0 Å². The zero-order valence-electron chi connectivity index (χ0n) is 7.67. The van der Waals surface area contributed by atoms with Crippen LogP contribution in [0.1, 0.15) is 0 Å². The summed E-state index contributed by atoms with van der Waals surface area (Å²) < 4.78 is 36.1. The number of halogens is 2. The predicted molar refractivity (Wildman–Crippen MR) is 62.0 cm³/mol. The van der Waals surface area contributed by atoms with E-state index in [9.17, 15) is 8.42 Å². The monoisotopic (exact) mass is 446 g/mol. The molecule has 9 heteroatoms. The van der Waals surface area contributed by atoms with E-state index in [-0.39, 0.29) is 34.0 Å². The minimum absolute atomic E-state index is 0. The van der Waals surface area contributed by atoms with Gasteiger partial charge in [0.1, 0.15) is 0 Å². The van der Waals surface area contributed by atoms with Crippen molar-refractivity contribution in [3.8, 4) is 0 Å². The summed E-state index contributed by atoms with van der Waals surface area (Å²) in [6.45, 7) is 0. The Hall–Kier alpha value is 1.55. The molecule has 0 spiro atoms. The number of hydrogen-bond donors (Lipinski definition) is 0. The molecule has 0 heterocycles. The standard InChI is InChI=1S/2C2H6OS.2BrH.Mo.2O/c2*1-4(2)3;;;;;/h2*1-2H3;2*1H;;;. The molecular weight excluding hydrogens is 432 g/mol. The van der Waals surface area contributed by atoms with Crippen molar-refractivity contribution < 1.29 is 33.7 Å². The number of hydrogen-bond acceptors (Lipinski definition) is 4. The molecule has 0 unspecified atom stereocenters. The van der Waals surface area contributed by atoms with E-state index in [1.807, 2.05) is 0 Å². The van der Waals surface area contributed by atoms with Gasteiger partial charge in [-0.25, -0.2) is 0 Å². The molecule has 0 aliphatic rings. The van der Waals surface area contributed by atoms with Crippen LogP contribution in [-0.4, -0.2) is 33.4 Å². The normalized spacial score (nSPS) is 6.31. The maximum absolute atomic E-state index is 9.56. The molecule has 4 nitrogen and oxygen atoms in total. The molecule has 0 aromatic carbocycles. The summed E-state index contributed by atoms with van der Waals surface area (Å²) in [7, 11) is -1.22. The molecule has 0 amide bonds. The SMILES string of the molecule is Br.Br.CS(C)=O.CS(C)=O.[O]=[Mo]=[O]. The van der Waals surface area contributed by atoms with Gasteiger partial charge in [0.15, 0.2) is 0 Å². The number of rotatable bonds is 0. The first-order valence-corrected chi connectivity index (χ1v) is 7.87. The summed E-state index contributed by atoms with van der Waals surface area (Å²) >= 11 is -2.03. The molecular formula is C4H14Br2MoO4S2. The van der Waals surface area contributed by atoms with Crippen LogP contribution in [0.25, 0.3) is 0 Å². The van der Waals surface area contributed by atoms with Crippen molar-refractivity contribution in [3.63, 3.8) is 0 Å². The Morgan fingerprint density at radius 3 is 0.769 bits per heavy atom. The molecule has 0 aliphatic heterocycles. The van der Waals surface area contributed by atoms with Crippen molar-refractivity contribution in [3.05, 3.63) is 0 Å². The second-order valence-electron chi connectivity index (χ2n) is 1.55. The van der Waals surface area contributed by atoms with Crippen LogP contribution in [0.5, 0.6) is 0 Å². The van der Waals surface area contributed by atoms with Crippen molar-refractivity contribution in [2.45, 2.75) is 0 Å². The van der Waals surface area contributed by atoms with Crippen molar-refractivity contribution >= 4 is 55.6 Å². The van der Waals surface area contributed by atoms with Crippen LogP contribution in [0.4, 0.5) is 0 Å². The third kappa shape index (κ3) is 754. The Labute approximate surface area is 113 Å². The van der Waals surface area contributed by atoms with Crippen molar-refractivity contribution in [1.82, 2.24) is 0 Å². The molecule has 0 rings (SSSR count). The second kappa shape index (κ2) is 29.2. The first kappa shape index (κ1) is 29.3. The Morgan fingerprint density at radius 2 is 0.769 bits per heavy atom. The van der Waals surface area contributed by atoms with E-state index in [4.69, 9.17) is 6.80 Å². The predicted octanol–water partition coefficient (Wildman–Crippen LogP) is 0.905. The van der Waals surface area contributed by atoms with E-state index in [0.717, 1.165) is 0 Å². The fourth-order valence-electron chi connectivity index (χ4n) is 0. The van der Waals surface area contributed by atoms with Gasteiger partial charge in [0.2, 0.25) is 0 Å². The van der Waals surface area contributed by atoms with Crippen LogP contribution in [0.3, 0.4) is 0 Å². The van der Waals surface area contributed by atoms with Gasteiger partial charge in [-0.2, -0.15) is 0 Å². The Morgan fingerprint density at radius 1 is 0.769 bits per heavy atom. The molecule has 0 saturated carbocycles. The molecule has 13 heavy (non-hydrogen) atoms. The molecule has 0 N–H and O–H groups in total. The van der Waals surface area contributed by atoms with Crippen LogP contribution in [0, 0.1) is 0 Å². The van der Waals surface area contributed by atoms with Gasteiger partial charge >= 0.3 is 25.3 Å². The maximum atomic E-state index is 9.56. The molecule has 86 valence electrons. The van der Waals surface area contributed by atoms with Gasteiger partial charge in [0.25, 0.3) is 0 Å². The average molecular weight is 446 g/mol. The van der Waals surface area contributed by atoms with E-state index in [1.54, 1.807) is 25.0 Å². The molecule has 0 saturated heterocycles. The fourth-order valence-corrected chi connectivity index (χ4v) is 0. The molecule has 0 atom stereocenters. The van der Waals surface area contributed by atoms with E-state index >= 15 is 0 Å². The van der Waals surface area contributed by atoms with Crippen molar-refractivity contribution in [2.24, 2.45) is 0 Å². The van der Waals surface area contributed by atoms with Gasteiger partial charge in [-0.05, 0) is 0 Å². The summed E-state index contributed by atoms with van der Waals surface area (Å²) in [5.41, 5.74) is 0. The topological polar surface area (TPSA) is 68.3 Å². The van der Waals surface area contributed by atoms with Gasteiger partial charge in [-0.15, -0.1) is 34.0 Å². The van der Waals surface area contributed by atoms with Crippen LogP contribution >= 0.6 is 34.0 Å². The van der Waals surface area contributed by atoms with Gasteiger partial charge in [0.05, 0.1) is 0 Å². The summed E-state index contributed by atoms with van der Waals surface area (Å²) in [5, 5.41) is 0. The fraction of sp³-hybridized carbons (Fsp3) is 1.00. The third-order valence-electron chi connectivity index (χ3n) is 0. The Bertz CT molecular complexity index is 140. The molecule has 0 fully saturated rings. The molecule has 0 bridgehead atoms. The van der Waals surface area contributed by atoms with E-state index in [1.165, 1.54) is 0 Å². The second-order valence-corrected chi connectivity index (χ2v) is 4.85. The zero-order chi connectivity index (χ0) is 9.86. The van der Waals surface area contributed by atoms with Gasteiger partial charge in [0, 0.05) is 46.6 Å². The first-order valence-electron chi connectivity index (χ1n) is 2.30. The first-order chi connectivity index (χ1) is 4.88. The Balaban J connectivity index is -0.0000000231. The Kier molecular flexibility index (Phi) is 65.8. The van der Waals surface area contributed by atoms with Gasteiger partial charge in [-0.1, -0.05) is 0 Å². The van der Waals surface area contributed by atoms with Gasteiger partial charge in [-0.3, -0.25) is 8.42 Å². The molecule has 0 aromatic rings. The zero-order valence-corrected chi connectivity index (χ0v) is 14.7. The van der Waals surface area contributed by atoms with Crippen molar-refractivity contribution in [1.29, 1.82) is 0 Å². The van der Waals surface area contributed by atoms with Gasteiger partial charge < -0.3 is 0 Å². The minimum atomic E-state index is -2.03. The molecule has 0 aliphatic carbocycles. The summed E-state index contributed by atoms with van der Waals surface area (Å²) in [6.07, 6.45) is 6.56. The van der Waals surface area contributed by atoms with Crippen LogP contribution < -0.4 is 0 Å². The third-order valence-corrected chi connectivity index (χ3v) is 0. The van der Waals surface area contributed by atoms with E-state index in [2.05, 4.69) is 0 Å². The summed E-state index contributed by atoms with van der Waals surface area (Å²) in [6, 6.07) is 0. The summed E-state index contributed by atoms with van der Waals surface area (Å²) in [4.78, 5) is 0. The average Bonchev–Trinajstić information content (AvgIpc) is 1.60. The van der Waals surface area contributed by atoms with Crippen LogP contribution in [0.15, 0.2) is 0 Å². The van der Waals surface area contributed by atoms with E-state index < -0.39 is 40.1 Å². The molecule has 0 radical (unpaired) electrons. The molecule has 0 aromatic heterocycles. The van der Waals surface area contributed by atoms with Crippen LogP contribution in [0.2, 0.25) is 0 Å². The summed E-state index contributed by atoms with van der Waals surface area (Å²) in [5.74, 6) is 0.